The molecule has 0 bridgehead atoms. The highest BCUT2D eigenvalue weighted by molar-refractivity contribution is 9.08. The highest BCUT2D eigenvalue weighted by Crippen LogP contribution is 2.26. The van der Waals surface area contributed by atoms with Gasteiger partial charge in [-0.15, -0.1) is 0 Å². The van der Waals surface area contributed by atoms with Crippen LogP contribution in [0.15, 0.2) is 42.5 Å². The van der Waals surface area contributed by atoms with Crippen LogP contribution in [0.2, 0.25) is 0 Å². The van der Waals surface area contributed by atoms with Crippen LogP contribution in [0.1, 0.15) is 22.3 Å². The molecule has 0 heterocycles. The summed E-state index contributed by atoms with van der Waals surface area (Å²) in [4.78, 5) is 0. The minimum atomic E-state index is 0.621. The summed E-state index contributed by atoms with van der Waals surface area (Å²) in [7, 11) is 0. The number of halogens is 1. The van der Waals surface area contributed by atoms with Crippen LogP contribution >= 0.6 is 15.9 Å². The summed E-state index contributed by atoms with van der Waals surface area (Å²) in [5, 5.41) is 0.883. The van der Waals surface area contributed by atoms with E-state index in [1.165, 1.54) is 22.3 Å². The van der Waals surface area contributed by atoms with Gasteiger partial charge in [-0.2, -0.15) is 0 Å². The van der Waals surface area contributed by atoms with Crippen LogP contribution in [0.3, 0.4) is 0 Å². The van der Waals surface area contributed by atoms with E-state index in [2.05, 4.69) is 54.0 Å². The Hall–Kier alpha value is -1.28. The second-order valence-electron chi connectivity index (χ2n) is 4.47. The first kappa shape index (κ1) is 13.2. The Kier molecular flexibility index (Phi) is 4.43. The summed E-state index contributed by atoms with van der Waals surface area (Å²) in [5.41, 5.74) is 4.87. The van der Waals surface area contributed by atoms with Crippen LogP contribution in [0, 0.1) is 13.8 Å². The maximum absolute atomic E-state index is 5.94. The normalized spacial score (nSPS) is 10.4. The molecule has 0 aliphatic carbocycles. The Morgan fingerprint density at radius 1 is 0.944 bits per heavy atom. The van der Waals surface area contributed by atoms with Crippen molar-refractivity contribution in [3.05, 3.63) is 64.7 Å². The van der Waals surface area contributed by atoms with Gasteiger partial charge in [-0.3, -0.25) is 0 Å². The highest BCUT2D eigenvalue weighted by Gasteiger charge is 2.06. The van der Waals surface area contributed by atoms with Gasteiger partial charge in [-0.05, 0) is 36.1 Å². The van der Waals surface area contributed by atoms with Crippen LogP contribution in [0.4, 0.5) is 0 Å². The third-order valence-corrected chi connectivity index (χ3v) is 3.55. The molecule has 94 valence electrons. The average molecular weight is 305 g/mol. The van der Waals surface area contributed by atoms with Gasteiger partial charge in [0, 0.05) is 5.33 Å². The SMILES string of the molecule is Cc1cc(CBr)cc(C)c1OCc1ccccc1. The first-order valence-corrected chi connectivity index (χ1v) is 7.15. The van der Waals surface area contributed by atoms with Gasteiger partial charge in [-0.25, -0.2) is 0 Å². The molecule has 0 unspecified atom stereocenters. The molecule has 2 heteroatoms. The number of hydrogen-bond donors (Lipinski definition) is 0. The number of aryl methyl sites for hydroxylation is 2. The zero-order chi connectivity index (χ0) is 13.0. The van der Waals surface area contributed by atoms with Gasteiger partial charge in [0.1, 0.15) is 12.4 Å². The summed E-state index contributed by atoms with van der Waals surface area (Å²) < 4.78 is 5.94. The molecule has 0 atom stereocenters. The molecule has 0 radical (unpaired) electrons. The lowest BCUT2D eigenvalue weighted by atomic mass is 10.1. The van der Waals surface area contributed by atoms with Crippen molar-refractivity contribution in [3.8, 4) is 5.75 Å². The van der Waals surface area contributed by atoms with E-state index in [0.717, 1.165) is 11.1 Å². The van der Waals surface area contributed by atoms with Crippen LogP contribution in [-0.4, -0.2) is 0 Å². The lowest BCUT2D eigenvalue weighted by Gasteiger charge is -2.13. The Morgan fingerprint density at radius 3 is 2.11 bits per heavy atom. The van der Waals surface area contributed by atoms with Crippen molar-refractivity contribution in [2.45, 2.75) is 25.8 Å². The number of ether oxygens (including phenoxy) is 1. The number of alkyl halides is 1. The summed E-state index contributed by atoms with van der Waals surface area (Å²) in [6.07, 6.45) is 0. The van der Waals surface area contributed by atoms with Crippen LogP contribution in [-0.2, 0) is 11.9 Å². The molecular weight excluding hydrogens is 288 g/mol. The topological polar surface area (TPSA) is 9.23 Å². The van der Waals surface area contributed by atoms with E-state index in [9.17, 15) is 0 Å². The lowest BCUT2D eigenvalue weighted by Crippen LogP contribution is -1.99. The van der Waals surface area contributed by atoms with Gasteiger partial charge in [0.05, 0.1) is 0 Å². The Morgan fingerprint density at radius 2 is 1.56 bits per heavy atom. The fourth-order valence-corrected chi connectivity index (χ4v) is 2.40. The third kappa shape index (κ3) is 3.14. The molecule has 0 spiro atoms. The van der Waals surface area contributed by atoms with Crippen LogP contribution < -0.4 is 4.74 Å². The van der Waals surface area contributed by atoms with Crippen molar-refractivity contribution in [1.82, 2.24) is 0 Å². The maximum atomic E-state index is 5.94. The van der Waals surface area contributed by atoms with Gasteiger partial charge in [-0.1, -0.05) is 58.4 Å². The van der Waals surface area contributed by atoms with Crippen LogP contribution in [0.25, 0.3) is 0 Å². The van der Waals surface area contributed by atoms with Crippen LogP contribution in [0.5, 0.6) is 5.75 Å². The third-order valence-electron chi connectivity index (χ3n) is 2.90. The monoisotopic (exact) mass is 304 g/mol. The molecule has 2 aromatic rings. The van der Waals surface area contributed by atoms with Crippen molar-refractivity contribution >= 4 is 15.9 Å². The van der Waals surface area contributed by atoms with Gasteiger partial charge in [0.2, 0.25) is 0 Å². The van der Waals surface area contributed by atoms with Gasteiger partial charge < -0.3 is 4.74 Å². The molecule has 2 aromatic carbocycles. The minimum absolute atomic E-state index is 0.621. The van der Waals surface area contributed by atoms with Gasteiger partial charge in [0.25, 0.3) is 0 Å². The smallest absolute Gasteiger partial charge is 0.125 e. The molecule has 0 aromatic heterocycles. The quantitative estimate of drug-likeness (QED) is 0.739. The van der Waals surface area contributed by atoms with Crippen molar-refractivity contribution in [2.75, 3.05) is 0 Å². The van der Waals surface area contributed by atoms with E-state index in [1.54, 1.807) is 0 Å². The fourth-order valence-electron chi connectivity index (χ4n) is 2.07. The Labute approximate surface area is 117 Å². The van der Waals surface area contributed by atoms with E-state index < -0.39 is 0 Å². The zero-order valence-corrected chi connectivity index (χ0v) is 12.3. The molecule has 0 N–H and O–H groups in total. The predicted octanol–water partition coefficient (Wildman–Crippen LogP) is 4.78. The first-order chi connectivity index (χ1) is 8.70. The maximum Gasteiger partial charge on any atom is 0.125 e. The van der Waals surface area contributed by atoms with E-state index >= 15 is 0 Å². The van der Waals surface area contributed by atoms with Crippen molar-refractivity contribution in [1.29, 1.82) is 0 Å². The molecule has 18 heavy (non-hydrogen) atoms. The summed E-state index contributed by atoms with van der Waals surface area (Å²) in [6.45, 7) is 4.81. The lowest BCUT2D eigenvalue weighted by molar-refractivity contribution is 0.302. The standard InChI is InChI=1S/C16H17BrO/c1-12-8-15(10-17)9-13(2)16(12)18-11-14-6-4-3-5-7-14/h3-9H,10-11H2,1-2H3. The molecular formula is C16H17BrO. The van der Waals surface area contributed by atoms with E-state index in [0.29, 0.717) is 6.61 Å². The average Bonchev–Trinajstić information content (AvgIpc) is 2.38. The largest absolute Gasteiger partial charge is 0.488 e. The molecule has 1 nitrogen and oxygen atoms in total. The molecule has 0 aliphatic heterocycles. The van der Waals surface area contributed by atoms with Gasteiger partial charge >= 0.3 is 0 Å². The van der Waals surface area contributed by atoms with E-state index in [1.807, 2.05) is 18.2 Å². The Balaban J connectivity index is 2.15. The van der Waals surface area contributed by atoms with Crippen molar-refractivity contribution in [3.63, 3.8) is 0 Å². The zero-order valence-electron chi connectivity index (χ0n) is 10.7. The summed E-state index contributed by atoms with van der Waals surface area (Å²) in [5.74, 6) is 1.00. The first-order valence-electron chi connectivity index (χ1n) is 6.03. The number of rotatable bonds is 4. The second-order valence-corrected chi connectivity index (χ2v) is 5.03. The summed E-state index contributed by atoms with van der Waals surface area (Å²) in [6, 6.07) is 14.6. The van der Waals surface area contributed by atoms with Gasteiger partial charge in [0.15, 0.2) is 0 Å². The highest BCUT2D eigenvalue weighted by atomic mass is 79.9. The molecule has 0 saturated heterocycles. The summed E-state index contributed by atoms with van der Waals surface area (Å²) >= 11 is 3.49. The minimum Gasteiger partial charge on any atom is -0.488 e. The van der Waals surface area contributed by atoms with Crippen molar-refractivity contribution < 1.29 is 4.74 Å². The fraction of sp³-hybridized carbons (Fsp3) is 0.250. The molecule has 2 rings (SSSR count). The predicted molar refractivity (Wildman–Crippen MR) is 79.3 cm³/mol. The van der Waals surface area contributed by atoms with E-state index in [-0.39, 0.29) is 0 Å². The molecule has 0 fully saturated rings. The molecule has 0 aliphatic rings. The molecule has 0 saturated carbocycles. The molecule has 0 amide bonds. The Bertz CT molecular complexity index is 497. The van der Waals surface area contributed by atoms with E-state index in [4.69, 9.17) is 4.74 Å². The second kappa shape index (κ2) is 6.05. The number of hydrogen-bond acceptors (Lipinski definition) is 1. The van der Waals surface area contributed by atoms with Crippen molar-refractivity contribution in [2.24, 2.45) is 0 Å². The number of benzene rings is 2.